The van der Waals surface area contributed by atoms with Gasteiger partial charge < -0.3 is 14.6 Å². The monoisotopic (exact) mass is 394 g/mol. The lowest BCUT2D eigenvalue weighted by atomic mass is 10.1. The molecule has 1 aliphatic rings. The Kier molecular flexibility index (Phi) is 4.92. The first kappa shape index (κ1) is 18.9. The van der Waals surface area contributed by atoms with Crippen molar-refractivity contribution in [3.05, 3.63) is 59.0 Å². The summed E-state index contributed by atoms with van der Waals surface area (Å²) in [5.41, 5.74) is 0.937. The van der Waals surface area contributed by atoms with Crippen LogP contribution in [0.4, 0.5) is 5.69 Å². The summed E-state index contributed by atoms with van der Waals surface area (Å²) in [6.45, 7) is 4.50. The molecule has 150 valence electrons. The second-order valence-electron chi connectivity index (χ2n) is 7.53. The molecule has 0 saturated carbocycles. The van der Waals surface area contributed by atoms with Gasteiger partial charge in [0.25, 0.3) is 5.56 Å². The average molecular weight is 394 g/mol. The van der Waals surface area contributed by atoms with Crippen LogP contribution in [0.25, 0.3) is 10.9 Å². The summed E-state index contributed by atoms with van der Waals surface area (Å²) in [7, 11) is 0. The van der Waals surface area contributed by atoms with Gasteiger partial charge in [0, 0.05) is 24.7 Å². The Balaban J connectivity index is 1.49. The van der Waals surface area contributed by atoms with Gasteiger partial charge in [0.15, 0.2) is 0 Å². The van der Waals surface area contributed by atoms with Crippen LogP contribution in [0.15, 0.2) is 52.1 Å². The van der Waals surface area contributed by atoms with Crippen LogP contribution in [0.1, 0.15) is 32.1 Å². The van der Waals surface area contributed by atoms with Crippen molar-refractivity contribution in [2.45, 2.75) is 32.9 Å². The summed E-state index contributed by atoms with van der Waals surface area (Å²) in [4.78, 5) is 43.5. The van der Waals surface area contributed by atoms with Crippen LogP contribution < -0.4 is 10.9 Å². The van der Waals surface area contributed by atoms with Crippen molar-refractivity contribution in [2.24, 2.45) is 5.92 Å². The highest BCUT2D eigenvalue weighted by Gasteiger charge is 2.34. The number of rotatable bonds is 5. The average Bonchev–Trinajstić information content (AvgIpc) is 3.33. The molecule has 4 rings (SSSR count). The van der Waals surface area contributed by atoms with Crippen LogP contribution in [0.2, 0.25) is 0 Å². The van der Waals surface area contributed by atoms with Gasteiger partial charge in [-0.25, -0.2) is 4.98 Å². The van der Waals surface area contributed by atoms with Crippen molar-refractivity contribution in [1.82, 2.24) is 14.5 Å². The second-order valence-corrected chi connectivity index (χ2v) is 7.53. The number of furan rings is 1. The first-order valence-corrected chi connectivity index (χ1v) is 9.54. The van der Waals surface area contributed by atoms with Crippen LogP contribution in [-0.2, 0) is 16.1 Å². The molecule has 0 aliphatic carbocycles. The Morgan fingerprint density at radius 3 is 2.86 bits per heavy atom. The number of nitrogens with one attached hydrogen (secondary N) is 1. The number of hydrogen-bond acceptors (Lipinski definition) is 5. The molecular weight excluding hydrogens is 372 g/mol. The highest BCUT2D eigenvalue weighted by atomic mass is 16.3. The third kappa shape index (κ3) is 3.78. The third-order valence-electron chi connectivity index (χ3n) is 5.12. The maximum Gasteiger partial charge on any atom is 0.261 e. The number of amides is 2. The molecule has 1 saturated heterocycles. The van der Waals surface area contributed by atoms with E-state index in [0.29, 0.717) is 35.4 Å². The number of likely N-dealkylation sites (tertiary alicyclic amines) is 1. The van der Waals surface area contributed by atoms with E-state index in [1.165, 1.54) is 6.33 Å². The van der Waals surface area contributed by atoms with E-state index in [4.69, 9.17) is 4.42 Å². The lowest BCUT2D eigenvalue weighted by molar-refractivity contribution is -0.128. The lowest BCUT2D eigenvalue weighted by Gasteiger charge is -2.15. The fraction of sp³-hybridized carbons (Fsp3) is 0.333. The second kappa shape index (κ2) is 7.54. The molecule has 3 aromatic rings. The summed E-state index contributed by atoms with van der Waals surface area (Å²) >= 11 is 0. The van der Waals surface area contributed by atoms with E-state index < -0.39 is 5.92 Å². The lowest BCUT2D eigenvalue weighted by Crippen LogP contribution is -2.28. The molecule has 8 heteroatoms. The Morgan fingerprint density at radius 2 is 2.14 bits per heavy atom. The van der Waals surface area contributed by atoms with Gasteiger partial charge >= 0.3 is 0 Å². The molecule has 1 aliphatic heterocycles. The molecule has 1 atom stereocenters. The molecule has 1 aromatic carbocycles. The van der Waals surface area contributed by atoms with E-state index in [9.17, 15) is 14.4 Å². The normalized spacial score (nSPS) is 16.7. The molecular formula is C21H22N4O4. The van der Waals surface area contributed by atoms with Gasteiger partial charge in [-0.1, -0.05) is 0 Å². The summed E-state index contributed by atoms with van der Waals surface area (Å²) < 4.78 is 6.83. The summed E-state index contributed by atoms with van der Waals surface area (Å²) in [5.74, 6) is -0.0888. The number of aromatic nitrogens is 2. The number of anilines is 1. The van der Waals surface area contributed by atoms with Crippen LogP contribution in [-0.4, -0.2) is 32.8 Å². The summed E-state index contributed by atoms with van der Waals surface area (Å²) in [6.07, 6.45) is 3.25. The largest absolute Gasteiger partial charge is 0.467 e. The van der Waals surface area contributed by atoms with Gasteiger partial charge in [0.05, 0.1) is 36.0 Å². The van der Waals surface area contributed by atoms with Crippen molar-refractivity contribution in [3.63, 3.8) is 0 Å². The molecule has 0 bridgehead atoms. The van der Waals surface area contributed by atoms with Gasteiger partial charge in [-0.05, 0) is 44.2 Å². The number of fused-ring (bicyclic) bond motifs is 1. The van der Waals surface area contributed by atoms with Crippen molar-refractivity contribution in [2.75, 3.05) is 11.9 Å². The highest BCUT2D eigenvalue weighted by molar-refractivity contribution is 5.98. The van der Waals surface area contributed by atoms with Gasteiger partial charge in [-0.3, -0.25) is 19.0 Å². The maximum atomic E-state index is 12.7. The zero-order valence-corrected chi connectivity index (χ0v) is 16.3. The molecule has 1 unspecified atom stereocenters. The Bertz CT molecular complexity index is 1120. The number of nitrogens with zero attached hydrogens (tertiary/aromatic N) is 3. The Hall–Kier alpha value is -3.42. The molecule has 29 heavy (non-hydrogen) atoms. The van der Waals surface area contributed by atoms with Crippen molar-refractivity contribution < 1.29 is 14.0 Å². The minimum absolute atomic E-state index is 0.0118. The number of hydrogen-bond donors (Lipinski definition) is 1. The molecule has 0 radical (unpaired) electrons. The van der Waals surface area contributed by atoms with E-state index in [1.807, 2.05) is 13.8 Å². The highest BCUT2D eigenvalue weighted by Crippen LogP contribution is 2.23. The number of carbonyl (C=O) groups excluding carboxylic acids is 2. The van der Waals surface area contributed by atoms with Gasteiger partial charge in [0.1, 0.15) is 5.76 Å². The van der Waals surface area contributed by atoms with E-state index in [0.717, 1.165) is 0 Å². The SMILES string of the molecule is CC(C)n1cnc2ccc(NC(=O)C3CC(=O)N(Cc4ccco4)C3)cc2c1=O. The smallest absolute Gasteiger partial charge is 0.261 e. The quantitative estimate of drug-likeness (QED) is 0.717. The van der Waals surface area contributed by atoms with Gasteiger partial charge in [-0.15, -0.1) is 0 Å². The van der Waals surface area contributed by atoms with Crippen LogP contribution in [0.3, 0.4) is 0 Å². The molecule has 3 heterocycles. The van der Waals surface area contributed by atoms with Crippen LogP contribution in [0, 0.1) is 5.92 Å². The fourth-order valence-corrected chi connectivity index (χ4v) is 3.52. The Morgan fingerprint density at radius 1 is 1.31 bits per heavy atom. The zero-order chi connectivity index (χ0) is 20.5. The fourth-order valence-electron chi connectivity index (χ4n) is 3.52. The molecule has 2 aromatic heterocycles. The zero-order valence-electron chi connectivity index (χ0n) is 16.3. The predicted octanol–water partition coefficient (Wildman–Crippen LogP) is 2.56. The van der Waals surface area contributed by atoms with E-state index in [2.05, 4.69) is 10.3 Å². The predicted molar refractivity (Wildman–Crippen MR) is 107 cm³/mol. The standard InChI is InChI=1S/C21H22N4O4/c1-13(2)25-12-22-18-6-5-15(9-17(18)21(25)28)23-20(27)14-8-19(26)24(10-14)11-16-4-3-7-29-16/h3-7,9,12-14H,8,10-11H2,1-2H3,(H,23,27). The van der Waals surface area contributed by atoms with Crippen molar-refractivity contribution in [3.8, 4) is 0 Å². The van der Waals surface area contributed by atoms with Gasteiger partial charge in [-0.2, -0.15) is 0 Å². The first-order valence-electron chi connectivity index (χ1n) is 9.54. The molecule has 1 fully saturated rings. The summed E-state index contributed by atoms with van der Waals surface area (Å²) in [6, 6.07) is 8.61. The van der Waals surface area contributed by atoms with E-state index >= 15 is 0 Å². The number of benzene rings is 1. The third-order valence-corrected chi connectivity index (χ3v) is 5.12. The maximum absolute atomic E-state index is 12.7. The molecule has 1 N–H and O–H groups in total. The van der Waals surface area contributed by atoms with Crippen LogP contribution in [0.5, 0.6) is 0 Å². The minimum atomic E-state index is -0.450. The Labute approximate surface area is 167 Å². The molecule has 8 nitrogen and oxygen atoms in total. The summed E-state index contributed by atoms with van der Waals surface area (Å²) in [5, 5.41) is 3.28. The van der Waals surface area contributed by atoms with Crippen LogP contribution >= 0.6 is 0 Å². The van der Waals surface area contributed by atoms with E-state index in [1.54, 1.807) is 46.1 Å². The first-order chi connectivity index (χ1) is 13.9. The van der Waals surface area contributed by atoms with Crippen molar-refractivity contribution in [1.29, 1.82) is 0 Å². The number of carbonyl (C=O) groups is 2. The minimum Gasteiger partial charge on any atom is -0.467 e. The topological polar surface area (TPSA) is 97.4 Å². The van der Waals surface area contributed by atoms with Crippen molar-refractivity contribution >= 4 is 28.4 Å². The molecule has 0 spiro atoms. The van der Waals surface area contributed by atoms with E-state index in [-0.39, 0.29) is 29.8 Å². The van der Waals surface area contributed by atoms with Gasteiger partial charge in [0.2, 0.25) is 11.8 Å². The molecule has 2 amide bonds.